The number of nitrogens with zero attached hydrogens (tertiary/aromatic N) is 2. The second kappa shape index (κ2) is 3.99. The number of pyridine rings is 1. The number of nitrogen functional groups attached to an aromatic ring is 1. The number of benzene rings is 1. The molecule has 1 heterocycles. The van der Waals surface area contributed by atoms with Gasteiger partial charge in [0.2, 0.25) is 0 Å². The Hall–Kier alpha value is -2.41. The fraction of sp³-hybridized carbons (Fsp3) is 0. The molecule has 78 valence electrons. The molecule has 0 unspecified atom stereocenters. The minimum atomic E-state index is -0.565. The van der Waals surface area contributed by atoms with Crippen LogP contribution in [-0.4, -0.2) is 4.98 Å². The Morgan fingerprint density at radius 2 is 2.12 bits per heavy atom. The third kappa shape index (κ3) is 1.71. The van der Waals surface area contributed by atoms with E-state index in [0.717, 1.165) is 0 Å². The lowest BCUT2D eigenvalue weighted by Gasteiger charge is -2.04. The van der Waals surface area contributed by atoms with Crippen LogP contribution in [0, 0.1) is 17.1 Å². The van der Waals surface area contributed by atoms with Crippen LogP contribution in [-0.2, 0) is 0 Å². The molecule has 4 heteroatoms. The highest BCUT2D eigenvalue weighted by molar-refractivity contribution is 5.72. The maximum Gasteiger partial charge on any atom is 0.141 e. The zero-order valence-corrected chi connectivity index (χ0v) is 8.31. The van der Waals surface area contributed by atoms with Crippen molar-refractivity contribution in [1.82, 2.24) is 4.98 Å². The van der Waals surface area contributed by atoms with Crippen LogP contribution in [0.25, 0.3) is 11.3 Å². The highest BCUT2D eigenvalue weighted by Gasteiger charge is 2.07. The van der Waals surface area contributed by atoms with E-state index in [1.54, 1.807) is 30.5 Å². The Bertz CT molecular complexity index is 573. The summed E-state index contributed by atoms with van der Waals surface area (Å²) in [5, 5.41) is 8.60. The Balaban J connectivity index is 2.55. The number of anilines is 1. The van der Waals surface area contributed by atoms with Crippen molar-refractivity contribution in [1.29, 1.82) is 5.26 Å². The average Bonchev–Trinajstić information content (AvgIpc) is 2.29. The lowest BCUT2D eigenvalue weighted by atomic mass is 10.1. The number of aromatic nitrogens is 1. The maximum absolute atomic E-state index is 13.4. The van der Waals surface area contributed by atoms with E-state index in [-0.39, 0.29) is 5.56 Å². The van der Waals surface area contributed by atoms with Crippen LogP contribution in [0.1, 0.15) is 5.56 Å². The fourth-order valence-electron chi connectivity index (χ4n) is 1.41. The predicted octanol–water partition coefficient (Wildman–Crippen LogP) is 2.34. The Kier molecular flexibility index (Phi) is 2.52. The van der Waals surface area contributed by atoms with E-state index >= 15 is 0 Å². The average molecular weight is 213 g/mol. The quantitative estimate of drug-likeness (QED) is 0.790. The van der Waals surface area contributed by atoms with Crippen LogP contribution in [0.2, 0.25) is 0 Å². The van der Waals surface area contributed by atoms with Crippen LogP contribution in [0.15, 0.2) is 36.5 Å². The largest absolute Gasteiger partial charge is 0.397 e. The summed E-state index contributed by atoms with van der Waals surface area (Å²) >= 11 is 0. The normalized spacial score (nSPS) is 9.75. The molecular formula is C12H8FN3. The van der Waals surface area contributed by atoms with Gasteiger partial charge in [0.25, 0.3) is 0 Å². The number of nitrogens with two attached hydrogens (primary N) is 1. The summed E-state index contributed by atoms with van der Waals surface area (Å²) < 4.78 is 13.4. The molecule has 1 aromatic heterocycles. The minimum absolute atomic E-state index is 0.0123. The molecule has 2 N–H and O–H groups in total. The molecule has 0 radical (unpaired) electrons. The van der Waals surface area contributed by atoms with Gasteiger partial charge in [0.05, 0.1) is 16.9 Å². The molecule has 0 spiro atoms. The third-order valence-electron chi connectivity index (χ3n) is 2.20. The van der Waals surface area contributed by atoms with E-state index in [9.17, 15) is 4.39 Å². The van der Waals surface area contributed by atoms with Gasteiger partial charge in [-0.1, -0.05) is 6.07 Å². The van der Waals surface area contributed by atoms with Crippen LogP contribution < -0.4 is 5.73 Å². The van der Waals surface area contributed by atoms with Crippen molar-refractivity contribution in [2.45, 2.75) is 0 Å². The Morgan fingerprint density at radius 3 is 2.75 bits per heavy atom. The fourth-order valence-corrected chi connectivity index (χ4v) is 1.41. The first-order valence-corrected chi connectivity index (χ1v) is 4.63. The zero-order chi connectivity index (χ0) is 11.5. The van der Waals surface area contributed by atoms with E-state index in [1.807, 2.05) is 0 Å². The second-order valence-electron chi connectivity index (χ2n) is 3.25. The van der Waals surface area contributed by atoms with Crippen molar-refractivity contribution in [3.8, 4) is 17.3 Å². The molecule has 0 bridgehead atoms. The van der Waals surface area contributed by atoms with Crippen LogP contribution in [0.5, 0.6) is 0 Å². The highest BCUT2D eigenvalue weighted by atomic mass is 19.1. The maximum atomic E-state index is 13.4. The molecule has 0 saturated heterocycles. The number of nitriles is 1. The summed E-state index contributed by atoms with van der Waals surface area (Å²) in [7, 11) is 0. The van der Waals surface area contributed by atoms with Crippen LogP contribution in [0.4, 0.5) is 10.1 Å². The molecular weight excluding hydrogens is 205 g/mol. The first-order valence-electron chi connectivity index (χ1n) is 4.63. The molecule has 16 heavy (non-hydrogen) atoms. The van der Waals surface area contributed by atoms with Crippen molar-refractivity contribution >= 4 is 5.69 Å². The van der Waals surface area contributed by atoms with Gasteiger partial charge in [-0.15, -0.1) is 0 Å². The van der Waals surface area contributed by atoms with E-state index in [4.69, 9.17) is 11.0 Å². The molecule has 2 rings (SSSR count). The standard InChI is InChI=1S/C12H8FN3/c13-10-6-8(3-4-9(10)7-14)12-11(15)2-1-5-16-12/h1-6H,15H2. The molecule has 0 aliphatic rings. The molecule has 0 amide bonds. The summed E-state index contributed by atoms with van der Waals surface area (Å²) in [6.07, 6.45) is 1.59. The summed E-state index contributed by atoms with van der Waals surface area (Å²) in [6, 6.07) is 9.46. The van der Waals surface area contributed by atoms with E-state index in [0.29, 0.717) is 16.9 Å². The number of halogens is 1. The van der Waals surface area contributed by atoms with Gasteiger partial charge >= 0.3 is 0 Å². The van der Waals surface area contributed by atoms with Gasteiger partial charge in [-0.2, -0.15) is 5.26 Å². The van der Waals surface area contributed by atoms with Gasteiger partial charge in [-0.3, -0.25) is 4.98 Å². The SMILES string of the molecule is N#Cc1ccc(-c2ncccc2N)cc1F. The lowest BCUT2D eigenvalue weighted by Crippen LogP contribution is -1.93. The van der Waals surface area contributed by atoms with Gasteiger partial charge in [-0.25, -0.2) is 4.39 Å². The first-order chi connectivity index (χ1) is 7.72. The van der Waals surface area contributed by atoms with E-state index in [2.05, 4.69) is 4.98 Å². The number of hydrogen-bond donors (Lipinski definition) is 1. The molecule has 0 aliphatic carbocycles. The van der Waals surface area contributed by atoms with Crippen molar-refractivity contribution < 1.29 is 4.39 Å². The van der Waals surface area contributed by atoms with Crippen LogP contribution >= 0.6 is 0 Å². The second-order valence-corrected chi connectivity index (χ2v) is 3.25. The monoisotopic (exact) mass is 213 g/mol. The smallest absolute Gasteiger partial charge is 0.141 e. The Labute approximate surface area is 92.0 Å². The van der Waals surface area contributed by atoms with Crippen molar-refractivity contribution in [3.63, 3.8) is 0 Å². The molecule has 0 aliphatic heterocycles. The summed E-state index contributed by atoms with van der Waals surface area (Å²) in [5.41, 5.74) is 7.30. The van der Waals surface area contributed by atoms with Crippen molar-refractivity contribution in [2.75, 3.05) is 5.73 Å². The van der Waals surface area contributed by atoms with Crippen LogP contribution in [0.3, 0.4) is 0 Å². The minimum Gasteiger partial charge on any atom is -0.397 e. The molecule has 0 fully saturated rings. The van der Waals surface area contributed by atoms with Gasteiger partial charge < -0.3 is 5.73 Å². The van der Waals surface area contributed by atoms with Gasteiger partial charge in [0.1, 0.15) is 11.9 Å². The third-order valence-corrected chi connectivity index (χ3v) is 2.20. The summed E-state index contributed by atoms with van der Waals surface area (Å²) in [6.45, 7) is 0. The molecule has 3 nitrogen and oxygen atoms in total. The number of hydrogen-bond acceptors (Lipinski definition) is 3. The molecule has 2 aromatic rings. The first kappa shape index (κ1) is 10.1. The van der Waals surface area contributed by atoms with Crippen molar-refractivity contribution in [3.05, 3.63) is 47.9 Å². The highest BCUT2D eigenvalue weighted by Crippen LogP contribution is 2.24. The lowest BCUT2D eigenvalue weighted by molar-refractivity contribution is 0.624. The van der Waals surface area contributed by atoms with Gasteiger partial charge in [-0.05, 0) is 24.3 Å². The summed E-state index contributed by atoms with van der Waals surface area (Å²) in [4.78, 5) is 4.07. The Morgan fingerprint density at radius 1 is 1.31 bits per heavy atom. The van der Waals surface area contributed by atoms with Gasteiger partial charge in [0, 0.05) is 11.8 Å². The number of rotatable bonds is 1. The van der Waals surface area contributed by atoms with E-state index in [1.165, 1.54) is 12.1 Å². The zero-order valence-electron chi connectivity index (χ0n) is 8.31. The van der Waals surface area contributed by atoms with Gasteiger partial charge in [0.15, 0.2) is 0 Å². The molecule has 1 aromatic carbocycles. The molecule has 0 atom stereocenters. The predicted molar refractivity (Wildman–Crippen MR) is 58.8 cm³/mol. The topological polar surface area (TPSA) is 62.7 Å². The van der Waals surface area contributed by atoms with Crippen molar-refractivity contribution in [2.24, 2.45) is 0 Å². The molecule has 0 saturated carbocycles. The van der Waals surface area contributed by atoms with E-state index < -0.39 is 5.82 Å². The summed E-state index contributed by atoms with van der Waals surface area (Å²) in [5.74, 6) is -0.565.